The highest BCUT2D eigenvalue weighted by Crippen LogP contribution is 2.29. The third-order valence-electron chi connectivity index (χ3n) is 3.52. The van der Waals surface area contributed by atoms with E-state index in [9.17, 15) is 9.59 Å². The van der Waals surface area contributed by atoms with Crippen LogP contribution < -0.4 is 5.32 Å². The van der Waals surface area contributed by atoms with Crippen LogP contribution in [0.1, 0.15) is 32.6 Å². The molecular formula is C13H22N2O3. The van der Waals surface area contributed by atoms with Crippen LogP contribution in [0.5, 0.6) is 0 Å². The van der Waals surface area contributed by atoms with Gasteiger partial charge in [0.2, 0.25) is 5.91 Å². The van der Waals surface area contributed by atoms with Crippen LogP contribution in [-0.2, 0) is 14.3 Å². The van der Waals surface area contributed by atoms with Crippen LogP contribution >= 0.6 is 0 Å². The third-order valence-corrected chi connectivity index (χ3v) is 3.52. The number of hydrogen-bond donors (Lipinski definition) is 1. The summed E-state index contributed by atoms with van der Waals surface area (Å²) in [6, 6.07) is 0.267. The number of esters is 1. The number of carbonyl (C=O) groups is 2. The van der Waals surface area contributed by atoms with Crippen molar-refractivity contribution in [2.45, 2.75) is 38.6 Å². The first-order chi connectivity index (χ1) is 8.72. The molecule has 1 atom stereocenters. The molecule has 1 heterocycles. The van der Waals surface area contributed by atoms with Crippen molar-refractivity contribution in [3.8, 4) is 0 Å². The summed E-state index contributed by atoms with van der Waals surface area (Å²) in [5.41, 5.74) is 0. The molecule has 0 radical (unpaired) electrons. The van der Waals surface area contributed by atoms with Crippen LogP contribution in [0.3, 0.4) is 0 Å². The van der Waals surface area contributed by atoms with E-state index in [0.717, 1.165) is 38.8 Å². The molecule has 5 nitrogen and oxygen atoms in total. The van der Waals surface area contributed by atoms with Gasteiger partial charge in [0.25, 0.3) is 0 Å². The number of rotatable bonds is 5. The average Bonchev–Trinajstić information content (AvgIpc) is 3.21. The number of amides is 1. The molecule has 5 heteroatoms. The quantitative estimate of drug-likeness (QED) is 0.728. The Morgan fingerprint density at radius 3 is 2.67 bits per heavy atom. The van der Waals surface area contributed by atoms with Crippen LogP contribution in [0, 0.1) is 5.92 Å². The molecule has 0 aromatic rings. The van der Waals surface area contributed by atoms with Crippen molar-refractivity contribution < 1.29 is 14.3 Å². The van der Waals surface area contributed by atoms with Gasteiger partial charge >= 0.3 is 5.97 Å². The van der Waals surface area contributed by atoms with Gasteiger partial charge in [0.1, 0.15) is 6.54 Å². The molecule has 1 saturated heterocycles. The lowest BCUT2D eigenvalue weighted by atomic mass is 9.98. The van der Waals surface area contributed by atoms with Crippen molar-refractivity contribution in [3.63, 3.8) is 0 Å². The Morgan fingerprint density at radius 2 is 2.11 bits per heavy atom. The third kappa shape index (κ3) is 3.45. The molecule has 2 aliphatic rings. The lowest BCUT2D eigenvalue weighted by Crippen LogP contribution is -2.46. The Bertz CT molecular complexity index is 309. The van der Waals surface area contributed by atoms with E-state index in [4.69, 9.17) is 4.74 Å². The van der Waals surface area contributed by atoms with Crippen LogP contribution in [0.25, 0.3) is 0 Å². The minimum atomic E-state index is -0.290. The Morgan fingerprint density at radius 1 is 1.33 bits per heavy atom. The highest BCUT2D eigenvalue weighted by Gasteiger charge is 2.37. The zero-order valence-electron chi connectivity index (χ0n) is 11.0. The van der Waals surface area contributed by atoms with Crippen molar-refractivity contribution in [1.82, 2.24) is 10.2 Å². The van der Waals surface area contributed by atoms with Crippen LogP contribution in [0.4, 0.5) is 0 Å². The van der Waals surface area contributed by atoms with E-state index in [1.165, 1.54) is 0 Å². The molecule has 1 amide bonds. The summed E-state index contributed by atoms with van der Waals surface area (Å²) in [5.74, 6) is -0.131. The van der Waals surface area contributed by atoms with Gasteiger partial charge in [-0.15, -0.1) is 0 Å². The molecule has 1 N–H and O–H groups in total. The summed E-state index contributed by atoms with van der Waals surface area (Å²) < 4.78 is 4.94. The maximum Gasteiger partial charge on any atom is 0.325 e. The van der Waals surface area contributed by atoms with Crippen molar-refractivity contribution in [1.29, 1.82) is 0 Å². The van der Waals surface area contributed by atoms with Gasteiger partial charge in [-0.2, -0.15) is 0 Å². The zero-order chi connectivity index (χ0) is 13.0. The number of nitrogens with zero attached hydrogens (tertiary/aromatic N) is 1. The van der Waals surface area contributed by atoms with Gasteiger partial charge in [-0.1, -0.05) is 0 Å². The first kappa shape index (κ1) is 13.3. The van der Waals surface area contributed by atoms with E-state index in [1.807, 2.05) is 0 Å². The molecule has 2 rings (SSSR count). The number of piperidine rings is 1. The first-order valence-electron chi connectivity index (χ1n) is 6.89. The van der Waals surface area contributed by atoms with Gasteiger partial charge in [-0.3, -0.25) is 9.59 Å². The maximum atomic E-state index is 12.4. The Balaban J connectivity index is 1.91. The van der Waals surface area contributed by atoms with Gasteiger partial charge in [-0.05, 0) is 39.2 Å². The second kappa shape index (κ2) is 6.18. The minimum absolute atomic E-state index is 0.0359. The fourth-order valence-electron chi connectivity index (χ4n) is 2.42. The standard InChI is InChI=1S/C13H22N2O3/c1-2-18-12(16)9-15(11-5-6-11)13(17)10-4-3-7-14-8-10/h10-11,14H,2-9H2,1H3. The van der Waals surface area contributed by atoms with Crippen molar-refractivity contribution in [2.24, 2.45) is 5.92 Å². The first-order valence-corrected chi connectivity index (χ1v) is 6.89. The predicted octanol–water partition coefficient (Wildman–Crippen LogP) is 0.540. The molecule has 1 unspecified atom stereocenters. The summed E-state index contributed by atoms with van der Waals surface area (Å²) in [6.07, 6.45) is 4.00. The summed E-state index contributed by atoms with van der Waals surface area (Å²) in [4.78, 5) is 25.7. The number of ether oxygens (including phenoxy) is 1. The van der Waals surface area contributed by atoms with Gasteiger partial charge < -0.3 is 15.0 Å². The van der Waals surface area contributed by atoms with E-state index >= 15 is 0 Å². The number of nitrogens with one attached hydrogen (secondary N) is 1. The molecule has 0 aromatic heterocycles. The molecule has 102 valence electrons. The summed E-state index contributed by atoms with van der Waals surface area (Å²) in [7, 11) is 0. The monoisotopic (exact) mass is 254 g/mol. The highest BCUT2D eigenvalue weighted by molar-refractivity contribution is 5.84. The molecule has 1 saturated carbocycles. The predicted molar refractivity (Wildman–Crippen MR) is 67.0 cm³/mol. The van der Waals surface area contributed by atoms with E-state index in [0.29, 0.717) is 6.61 Å². The second-order valence-corrected chi connectivity index (χ2v) is 5.05. The lowest BCUT2D eigenvalue weighted by Gasteiger charge is -2.29. The SMILES string of the molecule is CCOC(=O)CN(C(=O)C1CCCNC1)C1CC1. The van der Waals surface area contributed by atoms with Gasteiger partial charge in [0.05, 0.1) is 12.5 Å². The van der Waals surface area contributed by atoms with Crippen LogP contribution in [-0.4, -0.2) is 49.1 Å². The topological polar surface area (TPSA) is 58.6 Å². The molecule has 1 aliphatic carbocycles. The Hall–Kier alpha value is -1.10. The largest absolute Gasteiger partial charge is 0.465 e. The van der Waals surface area contributed by atoms with E-state index < -0.39 is 0 Å². The van der Waals surface area contributed by atoms with E-state index in [2.05, 4.69) is 5.32 Å². The zero-order valence-corrected chi connectivity index (χ0v) is 11.0. The fourth-order valence-corrected chi connectivity index (χ4v) is 2.42. The Kier molecular flexibility index (Phi) is 4.58. The smallest absolute Gasteiger partial charge is 0.325 e. The summed E-state index contributed by atoms with van der Waals surface area (Å²) in [5, 5.41) is 3.24. The van der Waals surface area contributed by atoms with Gasteiger partial charge in [0, 0.05) is 12.6 Å². The van der Waals surface area contributed by atoms with E-state index in [-0.39, 0.29) is 30.4 Å². The average molecular weight is 254 g/mol. The molecule has 18 heavy (non-hydrogen) atoms. The van der Waals surface area contributed by atoms with Crippen molar-refractivity contribution in [2.75, 3.05) is 26.2 Å². The summed E-state index contributed by atoms with van der Waals surface area (Å²) >= 11 is 0. The molecular weight excluding hydrogens is 232 g/mol. The molecule has 0 spiro atoms. The minimum Gasteiger partial charge on any atom is -0.465 e. The van der Waals surface area contributed by atoms with Crippen molar-refractivity contribution >= 4 is 11.9 Å². The molecule has 0 aromatic carbocycles. The molecule has 0 bridgehead atoms. The van der Waals surface area contributed by atoms with Gasteiger partial charge in [-0.25, -0.2) is 0 Å². The Labute approximate surface area is 108 Å². The van der Waals surface area contributed by atoms with Crippen LogP contribution in [0.2, 0.25) is 0 Å². The van der Waals surface area contributed by atoms with Gasteiger partial charge in [0.15, 0.2) is 0 Å². The fraction of sp³-hybridized carbons (Fsp3) is 0.846. The van der Waals surface area contributed by atoms with Crippen molar-refractivity contribution in [3.05, 3.63) is 0 Å². The number of carbonyl (C=O) groups excluding carboxylic acids is 2. The maximum absolute atomic E-state index is 12.4. The van der Waals surface area contributed by atoms with Crippen LogP contribution in [0.15, 0.2) is 0 Å². The second-order valence-electron chi connectivity index (χ2n) is 5.05. The molecule has 2 fully saturated rings. The van der Waals surface area contributed by atoms with E-state index in [1.54, 1.807) is 11.8 Å². The normalized spacial score (nSPS) is 23.5. The summed E-state index contributed by atoms with van der Waals surface area (Å²) in [6.45, 7) is 4.01. The highest BCUT2D eigenvalue weighted by atomic mass is 16.5. The lowest BCUT2D eigenvalue weighted by molar-refractivity contribution is -0.151. The number of hydrogen-bond acceptors (Lipinski definition) is 4. The molecule has 1 aliphatic heterocycles.